The summed E-state index contributed by atoms with van der Waals surface area (Å²) in [7, 11) is 0. The molecule has 0 radical (unpaired) electrons. The number of hydrogen-bond donors (Lipinski definition) is 2. The number of nitrogens with one attached hydrogen (secondary N) is 1. The largest absolute Gasteiger partial charge is 0.489 e. The zero-order valence-corrected chi connectivity index (χ0v) is 16.9. The molecule has 0 amide bonds. The number of ether oxygens (including phenoxy) is 1. The summed E-state index contributed by atoms with van der Waals surface area (Å²) in [5.41, 5.74) is 2.80. The maximum absolute atomic E-state index is 11.0. The van der Waals surface area contributed by atoms with Crippen LogP contribution in [0.4, 0.5) is 5.69 Å². The lowest BCUT2D eigenvalue weighted by Gasteiger charge is -2.10. The van der Waals surface area contributed by atoms with Crippen LogP contribution in [-0.4, -0.2) is 11.1 Å². The minimum Gasteiger partial charge on any atom is -0.489 e. The molecule has 0 heterocycles. The van der Waals surface area contributed by atoms with Crippen LogP contribution in [0.5, 0.6) is 5.75 Å². The number of aromatic carboxylic acids is 1. The van der Waals surface area contributed by atoms with Crippen LogP contribution in [0.2, 0.25) is 15.1 Å². The van der Waals surface area contributed by atoms with Crippen molar-refractivity contribution >= 4 is 46.5 Å². The van der Waals surface area contributed by atoms with Gasteiger partial charge in [-0.1, -0.05) is 53.0 Å². The first-order chi connectivity index (χ1) is 13.4. The lowest BCUT2D eigenvalue weighted by Crippen LogP contribution is -2.02. The Labute approximate surface area is 177 Å². The molecule has 0 aliphatic carbocycles. The van der Waals surface area contributed by atoms with Crippen molar-refractivity contribution in [2.24, 2.45) is 0 Å². The van der Waals surface area contributed by atoms with Gasteiger partial charge in [0.1, 0.15) is 12.4 Å². The van der Waals surface area contributed by atoms with Gasteiger partial charge < -0.3 is 15.2 Å². The summed E-state index contributed by atoms with van der Waals surface area (Å²) in [5.74, 6) is -0.309. The van der Waals surface area contributed by atoms with Gasteiger partial charge >= 0.3 is 5.97 Å². The van der Waals surface area contributed by atoms with Crippen LogP contribution in [0, 0.1) is 0 Å². The van der Waals surface area contributed by atoms with Crippen molar-refractivity contribution in [3.05, 3.63) is 92.4 Å². The fraction of sp³-hybridized carbons (Fsp3) is 0.0952. The summed E-state index contributed by atoms with van der Waals surface area (Å²) >= 11 is 17.9. The maximum Gasteiger partial charge on any atom is 0.337 e. The Morgan fingerprint density at radius 3 is 2.21 bits per heavy atom. The van der Waals surface area contributed by atoms with Crippen LogP contribution in [0.1, 0.15) is 21.5 Å². The van der Waals surface area contributed by atoms with E-state index < -0.39 is 5.97 Å². The average molecular weight is 437 g/mol. The molecular weight excluding hydrogens is 421 g/mol. The number of benzene rings is 3. The number of hydrogen-bond acceptors (Lipinski definition) is 3. The molecule has 7 heteroatoms. The molecule has 0 saturated heterocycles. The third-order valence-electron chi connectivity index (χ3n) is 4.01. The normalized spacial score (nSPS) is 10.5. The number of halogens is 3. The highest BCUT2D eigenvalue weighted by Gasteiger charge is 2.08. The molecule has 28 heavy (non-hydrogen) atoms. The Kier molecular flexibility index (Phi) is 6.68. The zero-order chi connectivity index (χ0) is 20.1. The van der Waals surface area contributed by atoms with Crippen LogP contribution >= 0.6 is 34.8 Å². The molecule has 0 saturated carbocycles. The molecule has 2 N–H and O–H groups in total. The van der Waals surface area contributed by atoms with E-state index in [1.807, 2.05) is 30.3 Å². The molecule has 0 aromatic heterocycles. The first-order valence-electron chi connectivity index (χ1n) is 8.35. The van der Waals surface area contributed by atoms with Gasteiger partial charge in [-0.2, -0.15) is 0 Å². The fourth-order valence-corrected chi connectivity index (χ4v) is 3.08. The Morgan fingerprint density at radius 1 is 0.857 bits per heavy atom. The molecule has 3 aromatic rings. The Bertz CT molecular complexity index is 991. The van der Waals surface area contributed by atoms with E-state index in [0.29, 0.717) is 23.2 Å². The van der Waals surface area contributed by atoms with Gasteiger partial charge in [0.25, 0.3) is 0 Å². The summed E-state index contributed by atoms with van der Waals surface area (Å²) < 4.78 is 5.76. The van der Waals surface area contributed by atoms with E-state index >= 15 is 0 Å². The second-order valence-corrected chi connectivity index (χ2v) is 7.26. The van der Waals surface area contributed by atoms with E-state index in [0.717, 1.165) is 22.6 Å². The van der Waals surface area contributed by atoms with Crippen molar-refractivity contribution in [3.8, 4) is 5.75 Å². The third-order valence-corrected chi connectivity index (χ3v) is 5.06. The van der Waals surface area contributed by atoms with Gasteiger partial charge in [0.15, 0.2) is 0 Å². The van der Waals surface area contributed by atoms with Crippen molar-refractivity contribution in [3.63, 3.8) is 0 Å². The van der Waals surface area contributed by atoms with Crippen molar-refractivity contribution in [1.29, 1.82) is 0 Å². The number of anilines is 1. The molecule has 0 aliphatic heterocycles. The number of carbonyl (C=O) groups is 1. The second kappa shape index (κ2) is 9.20. The minimum absolute atomic E-state index is 0.0793. The van der Waals surface area contributed by atoms with Gasteiger partial charge in [0.05, 0.1) is 20.6 Å². The zero-order valence-electron chi connectivity index (χ0n) is 14.6. The Balaban J connectivity index is 1.55. The van der Waals surface area contributed by atoms with Crippen molar-refractivity contribution in [2.75, 3.05) is 5.32 Å². The molecular formula is C21H16Cl3NO3. The number of rotatable bonds is 7. The average Bonchev–Trinajstić information content (AvgIpc) is 2.68. The van der Waals surface area contributed by atoms with Gasteiger partial charge in [0, 0.05) is 12.2 Å². The molecule has 3 aromatic carbocycles. The van der Waals surface area contributed by atoms with Crippen LogP contribution in [0.15, 0.2) is 60.7 Å². The van der Waals surface area contributed by atoms with E-state index in [2.05, 4.69) is 5.32 Å². The minimum atomic E-state index is -1.05. The predicted molar refractivity (Wildman–Crippen MR) is 113 cm³/mol. The molecule has 0 fully saturated rings. The van der Waals surface area contributed by atoms with E-state index in [1.54, 1.807) is 24.3 Å². The van der Waals surface area contributed by atoms with Gasteiger partial charge in [0.2, 0.25) is 0 Å². The highest BCUT2D eigenvalue weighted by molar-refractivity contribution is 6.42. The fourth-order valence-electron chi connectivity index (χ4n) is 2.50. The first-order valence-corrected chi connectivity index (χ1v) is 9.48. The summed E-state index contributed by atoms with van der Waals surface area (Å²) in [6.07, 6.45) is 0. The van der Waals surface area contributed by atoms with Crippen molar-refractivity contribution < 1.29 is 14.6 Å². The van der Waals surface area contributed by atoms with E-state index in [-0.39, 0.29) is 10.6 Å². The molecule has 0 spiro atoms. The van der Waals surface area contributed by atoms with Gasteiger partial charge in [-0.3, -0.25) is 0 Å². The number of carboxylic acids is 1. The molecule has 0 unspecified atom stereocenters. The predicted octanol–water partition coefficient (Wildman–Crippen LogP) is 6.54. The van der Waals surface area contributed by atoms with Crippen LogP contribution < -0.4 is 10.1 Å². The SMILES string of the molecule is O=C(O)c1ccc(NCc2ccc(OCc3ccc(Cl)c(Cl)c3)cc2)cc1Cl. The van der Waals surface area contributed by atoms with Gasteiger partial charge in [-0.15, -0.1) is 0 Å². The lowest BCUT2D eigenvalue weighted by atomic mass is 10.2. The third kappa shape index (κ3) is 5.32. The lowest BCUT2D eigenvalue weighted by molar-refractivity contribution is 0.0697. The topological polar surface area (TPSA) is 58.6 Å². The summed E-state index contributed by atoms with van der Waals surface area (Å²) in [4.78, 5) is 11.0. The first kappa shape index (κ1) is 20.3. The molecule has 4 nitrogen and oxygen atoms in total. The number of carboxylic acid groups (broad SMARTS) is 1. The smallest absolute Gasteiger partial charge is 0.337 e. The van der Waals surface area contributed by atoms with Gasteiger partial charge in [-0.25, -0.2) is 4.79 Å². The highest BCUT2D eigenvalue weighted by atomic mass is 35.5. The van der Waals surface area contributed by atoms with E-state index in [4.69, 9.17) is 44.6 Å². The summed E-state index contributed by atoms with van der Waals surface area (Å²) in [5, 5.41) is 13.4. The van der Waals surface area contributed by atoms with E-state index in [9.17, 15) is 4.79 Å². The molecule has 0 bridgehead atoms. The summed E-state index contributed by atoms with van der Waals surface area (Å²) in [6, 6.07) is 17.8. The molecule has 0 aliphatic rings. The quantitative estimate of drug-likeness (QED) is 0.442. The molecule has 0 atom stereocenters. The highest BCUT2D eigenvalue weighted by Crippen LogP contribution is 2.24. The molecule has 3 rings (SSSR count). The van der Waals surface area contributed by atoms with Crippen LogP contribution in [0.3, 0.4) is 0 Å². The molecule has 144 valence electrons. The Morgan fingerprint density at radius 2 is 1.57 bits per heavy atom. The standard InChI is InChI=1S/C21H16Cl3NO3/c22-18-8-3-14(9-20(18)24)12-28-16-5-1-13(2-6-16)11-25-15-4-7-17(21(26)27)19(23)10-15/h1-10,25H,11-12H2,(H,26,27). The van der Waals surface area contributed by atoms with Crippen LogP contribution in [0.25, 0.3) is 0 Å². The van der Waals surface area contributed by atoms with Gasteiger partial charge in [-0.05, 0) is 53.6 Å². The Hall–Kier alpha value is -2.40. The van der Waals surface area contributed by atoms with Crippen LogP contribution in [-0.2, 0) is 13.2 Å². The maximum atomic E-state index is 11.0. The van der Waals surface area contributed by atoms with Crippen molar-refractivity contribution in [1.82, 2.24) is 0 Å². The van der Waals surface area contributed by atoms with Crippen molar-refractivity contribution in [2.45, 2.75) is 13.2 Å². The summed E-state index contributed by atoms with van der Waals surface area (Å²) in [6.45, 7) is 0.957. The monoisotopic (exact) mass is 435 g/mol. The van der Waals surface area contributed by atoms with E-state index in [1.165, 1.54) is 6.07 Å². The second-order valence-electron chi connectivity index (χ2n) is 6.03.